The maximum Gasteiger partial charge on any atom is 0.407 e. The molecule has 1 atom stereocenters. The van der Waals surface area contributed by atoms with Crippen LogP contribution in [-0.4, -0.2) is 13.2 Å². The van der Waals surface area contributed by atoms with Crippen LogP contribution in [0.4, 0.5) is 4.79 Å². The van der Waals surface area contributed by atoms with Crippen molar-refractivity contribution in [2.24, 2.45) is 11.7 Å². The summed E-state index contributed by atoms with van der Waals surface area (Å²) in [6.07, 6.45) is -0.498. The van der Waals surface area contributed by atoms with Gasteiger partial charge in [0.15, 0.2) is 0 Å². The normalized spacial score (nSPS) is 14.2. The molecule has 0 unspecified atom stereocenters. The van der Waals surface area contributed by atoms with E-state index in [0.29, 0.717) is 22.0 Å². The molecule has 0 spiro atoms. The lowest BCUT2D eigenvalue weighted by atomic mass is 9.95. The smallest absolute Gasteiger partial charge is 0.407 e. The van der Waals surface area contributed by atoms with E-state index in [1.54, 1.807) is 18.2 Å². The van der Waals surface area contributed by atoms with Gasteiger partial charge in [0.25, 0.3) is 0 Å². The number of carbonyl (C=O) groups excluding carboxylic acids is 1. The summed E-state index contributed by atoms with van der Waals surface area (Å²) < 4.78 is 10.6. The standard InChI is InChI=1S/C13H17Cl2NO3/c1-8(2)7-13(18-3,19-12(16)17)10-5-4-9(14)6-11(10)15/h4-6,8H,7H2,1-3H3,(H2,16,17)/t13-/m0/s1. The second kappa shape index (κ2) is 6.46. The van der Waals surface area contributed by atoms with E-state index in [2.05, 4.69) is 0 Å². The van der Waals surface area contributed by atoms with Gasteiger partial charge in [-0.3, -0.25) is 0 Å². The van der Waals surface area contributed by atoms with Gasteiger partial charge in [-0.1, -0.05) is 37.0 Å². The minimum Gasteiger partial charge on any atom is -0.413 e. The number of ether oxygens (including phenoxy) is 2. The average molecular weight is 306 g/mol. The van der Waals surface area contributed by atoms with Crippen molar-refractivity contribution in [1.82, 2.24) is 0 Å². The molecule has 0 aromatic heterocycles. The zero-order chi connectivity index (χ0) is 14.6. The first-order valence-corrected chi connectivity index (χ1v) is 6.55. The molecule has 0 fully saturated rings. The van der Waals surface area contributed by atoms with E-state index in [0.717, 1.165) is 0 Å². The molecule has 4 nitrogen and oxygen atoms in total. The van der Waals surface area contributed by atoms with Gasteiger partial charge in [0.2, 0.25) is 5.79 Å². The Balaban J connectivity index is 3.31. The van der Waals surface area contributed by atoms with Gasteiger partial charge in [-0.2, -0.15) is 0 Å². The molecule has 0 saturated heterocycles. The monoisotopic (exact) mass is 305 g/mol. The summed E-state index contributed by atoms with van der Waals surface area (Å²) in [6.45, 7) is 3.95. The molecule has 106 valence electrons. The van der Waals surface area contributed by atoms with Crippen LogP contribution < -0.4 is 5.73 Å². The molecule has 0 saturated carbocycles. The number of halogens is 2. The van der Waals surface area contributed by atoms with Crippen LogP contribution >= 0.6 is 23.2 Å². The van der Waals surface area contributed by atoms with Gasteiger partial charge < -0.3 is 15.2 Å². The minimum absolute atomic E-state index is 0.200. The fourth-order valence-corrected chi connectivity index (χ4v) is 2.49. The predicted molar refractivity (Wildman–Crippen MR) is 75.3 cm³/mol. The van der Waals surface area contributed by atoms with Crippen LogP contribution in [0, 0.1) is 5.92 Å². The molecular formula is C13H17Cl2NO3. The lowest BCUT2D eigenvalue weighted by molar-refractivity contribution is -0.202. The SMILES string of the molecule is CO[C@@](CC(C)C)(OC(N)=O)c1ccc(Cl)cc1Cl. The molecular weight excluding hydrogens is 289 g/mol. The zero-order valence-electron chi connectivity index (χ0n) is 11.1. The third-order valence-corrected chi connectivity index (χ3v) is 3.16. The van der Waals surface area contributed by atoms with Gasteiger partial charge in [-0.15, -0.1) is 0 Å². The Bertz CT molecular complexity index is 465. The first-order chi connectivity index (χ1) is 8.80. The van der Waals surface area contributed by atoms with Crippen LogP contribution in [0.25, 0.3) is 0 Å². The first kappa shape index (κ1) is 16.1. The molecule has 0 radical (unpaired) electrons. The molecule has 0 aliphatic carbocycles. The Morgan fingerprint density at radius 1 is 1.42 bits per heavy atom. The van der Waals surface area contributed by atoms with Crippen LogP contribution in [0.15, 0.2) is 18.2 Å². The first-order valence-electron chi connectivity index (χ1n) is 5.80. The number of rotatable bonds is 5. The number of hydrogen-bond acceptors (Lipinski definition) is 3. The topological polar surface area (TPSA) is 61.6 Å². The third-order valence-electron chi connectivity index (χ3n) is 2.61. The van der Waals surface area contributed by atoms with E-state index < -0.39 is 11.9 Å². The summed E-state index contributed by atoms with van der Waals surface area (Å²) >= 11 is 12.0. The highest BCUT2D eigenvalue weighted by Gasteiger charge is 2.38. The van der Waals surface area contributed by atoms with E-state index in [-0.39, 0.29) is 5.92 Å². The molecule has 0 heterocycles. The number of methoxy groups -OCH3 is 1. The highest BCUT2D eigenvalue weighted by Crippen LogP contribution is 2.38. The van der Waals surface area contributed by atoms with E-state index in [1.165, 1.54) is 7.11 Å². The summed E-state index contributed by atoms with van der Waals surface area (Å²) in [5.41, 5.74) is 5.66. The predicted octanol–water partition coefficient (Wildman–Crippen LogP) is 3.93. The van der Waals surface area contributed by atoms with Crippen LogP contribution in [0.2, 0.25) is 10.0 Å². The van der Waals surface area contributed by atoms with Crippen molar-refractivity contribution in [2.75, 3.05) is 7.11 Å². The fourth-order valence-electron chi connectivity index (χ4n) is 1.94. The highest BCUT2D eigenvalue weighted by atomic mass is 35.5. The Morgan fingerprint density at radius 2 is 2.05 bits per heavy atom. The molecule has 1 amide bonds. The highest BCUT2D eigenvalue weighted by molar-refractivity contribution is 6.35. The lowest BCUT2D eigenvalue weighted by Gasteiger charge is -2.33. The van der Waals surface area contributed by atoms with E-state index in [4.69, 9.17) is 38.4 Å². The molecule has 1 aromatic carbocycles. The van der Waals surface area contributed by atoms with Crippen molar-refractivity contribution in [2.45, 2.75) is 26.1 Å². The maximum atomic E-state index is 11.2. The fraction of sp³-hybridized carbons (Fsp3) is 0.462. The van der Waals surface area contributed by atoms with Crippen molar-refractivity contribution < 1.29 is 14.3 Å². The van der Waals surface area contributed by atoms with Crippen molar-refractivity contribution in [3.05, 3.63) is 33.8 Å². The van der Waals surface area contributed by atoms with E-state index in [9.17, 15) is 4.79 Å². The molecule has 0 bridgehead atoms. The summed E-state index contributed by atoms with van der Waals surface area (Å²) in [4.78, 5) is 11.2. The Labute approximate surface area is 122 Å². The number of carbonyl (C=O) groups is 1. The number of hydrogen-bond donors (Lipinski definition) is 1. The number of nitrogens with two attached hydrogens (primary N) is 1. The molecule has 1 aromatic rings. The van der Waals surface area contributed by atoms with Crippen LogP contribution in [0.5, 0.6) is 0 Å². The third kappa shape index (κ3) is 4.00. The maximum absolute atomic E-state index is 11.2. The van der Waals surface area contributed by atoms with Gasteiger partial charge in [-0.25, -0.2) is 4.79 Å². The minimum atomic E-state index is -1.30. The largest absolute Gasteiger partial charge is 0.413 e. The summed E-state index contributed by atoms with van der Waals surface area (Å²) in [5.74, 6) is -1.10. The second-order valence-electron chi connectivity index (χ2n) is 4.60. The molecule has 19 heavy (non-hydrogen) atoms. The second-order valence-corrected chi connectivity index (χ2v) is 5.44. The molecule has 2 N–H and O–H groups in total. The molecule has 6 heteroatoms. The number of benzene rings is 1. The lowest BCUT2D eigenvalue weighted by Crippen LogP contribution is -2.38. The van der Waals surface area contributed by atoms with Gasteiger partial charge in [0, 0.05) is 24.1 Å². The van der Waals surface area contributed by atoms with E-state index >= 15 is 0 Å². The molecule has 0 aliphatic rings. The zero-order valence-corrected chi connectivity index (χ0v) is 12.6. The van der Waals surface area contributed by atoms with Gasteiger partial charge in [-0.05, 0) is 24.1 Å². The number of amides is 1. The van der Waals surface area contributed by atoms with Gasteiger partial charge in [0.05, 0.1) is 5.02 Å². The summed E-state index contributed by atoms with van der Waals surface area (Å²) in [6, 6.07) is 4.89. The van der Waals surface area contributed by atoms with E-state index in [1.807, 2.05) is 13.8 Å². The van der Waals surface area contributed by atoms with Crippen molar-refractivity contribution in [1.29, 1.82) is 0 Å². The van der Waals surface area contributed by atoms with Gasteiger partial charge >= 0.3 is 6.09 Å². The number of primary amides is 1. The van der Waals surface area contributed by atoms with Gasteiger partial charge in [0.1, 0.15) is 0 Å². The average Bonchev–Trinajstić information content (AvgIpc) is 2.26. The Kier molecular flexibility index (Phi) is 5.47. The van der Waals surface area contributed by atoms with Crippen molar-refractivity contribution >= 4 is 29.3 Å². The van der Waals surface area contributed by atoms with Crippen molar-refractivity contribution in [3.8, 4) is 0 Å². The summed E-state index contributed by atoms with van der Waals surface area (Å²) in [7, 11) is 1.44. The quantitative estimate of drug-likeness (QED) is 0.838. The molecule has 1 rings (SSSR count). The Morgan fingerprint density at radius 3 is 2.47 bits per heavy atom. The Hall–Kier alpha value is -0.970. The van der Waals surface area contributed by atoms with Crippen LogP contribution in [-0.2, 0) is 15.3 Å². The summed E-state index contributed by atoms with van der Waals surface area (Å²) in [5, 5.41) is 0.846. The van der Waals surface area contributed by atoms with Crippen LogP contribution in [0.3, 0.4) is 0 Å². The van der Waals surface area contributed by atoms with Crippen molar-refractivity contribution in [3.63, 3.8) is 0 Å². The molecule has 0 aliphatic heterocycles. The van der Waals surface area contributed by atoms with Crippen LogP contribution in [0.1, 0.15) is 25.8 Å².